The quantitative estimate of drug-likeness (QED) is 0.542. The van der Waals surface area contributed by atoms with Gasteiger partial charge in [0.2, 0.25) is 5.91 Å². The fourth-order valence-corrected chi connectivity index (χ4v) is 6.63. The Bertz CT molecular complexity index is 1090. The van der Waals surface area contributed by atoms with Gasteiger partial charge >= 0.3 is 0 Å². The number of piperidine rings is 1. The smallest absolute Gasteiger partial charge is 0.238 e. The monoisotopic (exact) mass is 492 g/mol. The molecular formula is C29H40N4O3. The third kappa shape index (κ3) is 5.18. The summed E-state index contributed by atoms with van der Waals surface area (Å²) in [6, 6.07) is 6.25. The van der Waals surface area contributed by atoms with E-state index >= 15 is 0 Å². The first-order valence-electron chi connectivity index (χ1n) is 14.2. The van der Waals surface area contributed by atoms with E-state index in [2.05, 4.69) is 32.2 Å². The van der Waals surface area contributed by atoms with Gasteiger partial charge in [-0.25, -0.2) is 0 Å². The molecule has 2 N–H and O–H groups in total. The number of fused-ring (bicyclic) bond motifs is 1. The van der Waals surface area contributed by atoms with Crippen LogP contribution in [0.2, 0.25) is 0 Å². The lowest BCUT2D eigenvalue weighted by molar-refractivity contribution is -0.117. The van der Waals surface area contributed by atoms with Crippen molar-refractivity contribution in [2.75, 3.05) is 56.2 Å². The summed E-state index contributed by atoms with van der Waals surface area (Å²) in [5.41, 5.74) is 3.24. The summed E-state index contributed by atoms with van der Waals surface area (Å²) in [7, 11) is 0. The number of hydrogen-bond acceptors (Lipinski definition) is 5. The molecule has 2 saturated heterocycles. The molecule has 2 aromatic rings. The van der Waals surface area contributed by atoms with Gasteiger partial charge in [-0.3, -0.25) is 14.5 Å². The number of ether oxygens (including phenoxy) is 1. The summed E-state index contributed by atoms with van der Waals surface area (Å²) in [5, 5.41) is 4.10. The normalized spacial score (nSPS) is 22.7. The number of carbonyl (C=O) groups excluding carboxylic acids is 2. The van der Waals surface area contributed by atoms with Gasteiger partial charge in [-0.15, -0.1) is 0 Å². The maximum absolute atomic E-state index is 13.2. The molecule has 194 valence electrons. The topological polar surface area (TPSA) is 77.7 Å². The van der Waals surface area contributed by atoms with Crippen LogP contribution in [0, 0.1) is 17.8 Å². The lowest BCUT2D eigenvalue weighted by Gasteiger charge is -2.37. The average molecular weight is 493 g/mol. The molecule has 4 fully saturated rings. The van der Waals surface area contributed by atoms with Crippen LogP contribution >= 0.6 is 0 Å². The predicted octanol–water partition coefficient (Wildman–Crippen LogP) is 4.83. The molecule has 0 unspecified atom stereocenters. The number of anilines is 2. The zero-order chi connectivity index (χ0) is 24.5. The van der Waals surface area contributed by atoms with E-state index in [0.717, 1.165) is 80.7 Å². The molecule has 2 aliphatic heterocycles. The zero-order valence-electron chi connectivity index (χ0n) is 21.4. The van der Waals surface area contributed by atoms with Crippen LogP contribution in [0.15, 0.2) is 18.2 Å². The number of amides is 1. The highest BCUT2D eigenvalue weighted by Crippen LogP contribution is 2.39. The Morgan fingerprint density at radius 3 is 2.36 bits per heavy atom. The molecular weight excluding hydrogens is 452 g/mol. The molecule has 4 aliphatic rings. The summed E-state index contributed by atoms with van der Waals surface area (Å²) < 4.78 is 5.51. The number of benzene rings is 1. The maximum atomic E-state index is 13.2. The second-order valence-electron chi connectivity index (χ2n) is 11.4. The van der Waals surface area contributed by atoms with Gasteiger partial charge in [0.1, 0.15) is 5.69 Å². The Labute approximate surface area is 213 Å². The first-order chi connectivity index (χ1) is 17.7. The molecule has 2 saturated carbocycles. The summed E-state index contributed by atoms with van der Waals surface area (Å²) in [5.74, 6) is 1.93. The van der Waals surface area contributed by atoms with Crippen LogP contribution in [0.25, 0.3) is 10.9 Å². The van der Waals surface area contributed by atoms with Gasteiger partial charge in [-0.1, -0.05) is 32.1 Å². The number of ketones is 1. The predicted molar refractivity (Wildman–Crippen MR) is 143 cm³/mol. The number of morpholine rings is 1. The van der Waals surface area contributed by atoms with Crippen molar-refractivity contribution in [3.63, 3.8) is 0 Å². The number of likely N-dealkylation sites (tertiary alicyclic amines) is 1. The van der Waals surface area contributed by atoms with Crippen molar-refractivity contribution in [2.24, 2.45) is 17.8 Å². The molecule has 0 atom stereocenters. The van der Waals surface area contributed by atoms with Crippen molar-refractivity contribution in [2.45, 2.75) is 57.8 Å². The number of Topliss-reactive ketones (excluding diaryl/α,β-unsaturated/α-hetero) is 1. The highest BCUT2D eigenvalue weighted by atomic mass is 16.5. The molecule has 0 radical (unpaired) electrons. The van der Waals surface area contributed by atoms with Gasteiger partial charge in [0.25, 0.3) is 0 Å². The second-order valence-corrected chi connectivity index (χ2v) is 11.4. The fourth-order valence-electron chi connectivity index (χ4n) is 6.63. The molecule has 1 aromatic carbocycles. The fraction of sp³-hybridized carbons (Fsp3) is 0.655. The molecule has 6 rings (SSSR count). The number of H-pyrrole nitrogens is 1. The van der Waals surface area contributed by atoms with Crippen LogP contribution in [-0.4, -0.2) is 67.5 Å². The molecule has 3 heterocycles. The number of aromatic amines is 1. The van der Waals surface area contributed by atoms with Gasteiger partial charge in [0, 0.05) is 35.6 Å². The average Bonchev–Trinajstić information content (AvgIpc) is 3.72. The molecule has 2 aliphatic carbocycles. The van der Waals surface area contributed by atoms with Crippen LogP contribution in [0.4, 0.5) is 11.4 Å². The minimum atomic E-state index is -0.0198. The van der Waals surface area contributed by atoms with E-state index in [0.29, 0.717) is 17.9 Å². The summed E-state index contributed by atoms with van der Waals surface area (Å²) in [6.45, 7) is 5.53. The van der Waals surface area contributed by atoms with Crippen molar-refractivity contribution < 1.29 is 14.3 Å². The van der Waals surface area contributed by atoms with Gasteiger partial charge in [0.05, 0.1) is 25.4 Å². The third-order valence-corrected chi connectivity index (χ3v) is 8.93. The highest BCUT2D eigenvalue weighted by molar-refractivity contribution is 6.14. The minimum Gasteiger partial charge on any atom is -0.378 e. The van der Waals surface area contributed by atoms with Crippen molar-refractivity contribution in [3.05, 3.63) is 23.9 Å². The van der Waals surface area contributed by atoms with Gasteiger partial charge in [-0.2, -0.15) is 0 Å². The Morgan fingerprint density at radius 2 is 1.64 bits per heavy atom. The van der Waals surface area contributed by atoms with E-state index in [1.165, 1.54) is 44.9 Å². The minimum absolute atomic E-state index is 0.0198. The van der Waals surface area contributed by atoms with Gasteiger partial charge < -0.3 is 19.9 Å². The number of aromatic nitrogens is 1. The largest absolute Gasteiger partial charge is 0.378 e. The summed E-state index contributed by atoms with van der Waals surface area (Å²) in [6.07, 6.45) is 11.3. The lowest BCUT2D eigenvalue weighted by atomic mass is 9.76. The Hall–Kier alpha value is -2.38. The van der Waals surface area contributed by atoms with Crippen LogP contribution in [0.5, 0.6) is 0 Å². The lowest BCUT2D eigenvalue weighted by Crippen LogP contribution is -2.41. The first-order valence-corrected chi connectivity index (χ1v) is 14.2. The zero-order valence-corrected chi connectivity index (χ0v) is 21.4. The van der Waals surface area contributed by atoms with E-state index in [1.807, 2.05) is 6.07 Å². The van der Waals surface area contributed by atoms with Crippen molar-refractivity contribution in [1.29, 1.82) is 0 Å². The second kappa shape index (κ2) is 10.5. The van der Waals surface area contributed by atoms with Crippen LogP contribution < -0.4 is 10.2 Å². The van der Waals surface area contributed by atoms with E-state index < -0.39 is 0 Å². The van der Waals surface area contributed by atoms with Crippen molar-refractivity contribution in [3.8, 4) is 0 Å². The number of carbonyl (C=O) groups is 2. The van der Waals surface area contributed by atoms with Crippen LogP contribution in [-0.2, 0) is 9.53 Å². The van der Waals surface area contributed by atoms with Crippen LogP contribution in [0.3, 0.4) is 0 Å². The molecule has 7 heteroatoms. The highest BCUT2D eigenvalue weighted by Gasteiger charge is 2.34. The van der Waals surface area contributed by atoms with Crippen molar-refractivity contribution in [1.82, 2.24) is 9.88 Å². The number of hydrogen-bond donors (Lipinski definition) is 2. The number of nitrogens with zero attached hydrogens (tertiary/aromatic N) is 2. The summed E-state index contributed by atoms with van der Waals surface area (Å²) >= 11 is 0. The van der Waals surface area contributed by atoms with Gasteiger partial charge in [-0.05, 0) is 68.8 Å². The van der Waals surface area contributed by atoms with Gasteiger partial charge in [0.15, 0.2) is 5.78 Å². The standard InChI is InChI=1S/C29H40N4O3/c34-26(19-32-12-10-21(11-13-32)20-4-2-1-3-5-20)31-27-24-18-23(33-14-16-36-17-15-33)8-9-25(24)30-28(27)29(35)22-6-7-22/h8-9,18,20-22,30H,1-7,10-17,19H2,(H,31,34). The van der Waals surface area contributed by atoms with E-state index in [4.69, 9.17) is 4.74 Å². The van der Waals surface area contributed by atoms with E-state index in [9.17, 15) is 9.59 Å². The summed E-state index contributed by atoms with van der Waals surface area (Å²) in [4.78, 5) is 34.3. The number of nitrogens with one attached hydrogen (secondary N) is 2. The first kappa shape index (κ1) is 24.0. The molecule has 36 heavy (non-hydrogen) atoms. The number of rotatable bonds is 7. The molecule has 1 aromatic heterocycles. The molecule has 0 bridgehead atoms. The molecule has 7 nitrogen and oxygen atoms in total. The Balaban J connectivity index is 1.16. The van der Waals surface area contributed by atoms with E-state index in [-0.39, 0.29) is 17.6 Å². The van der Waals surface area contributed by atoms with Crippen LogP contribution in [0.1, 0.15) is 68.3 Å². The maximum Gasteiger partial charge on any atom is 0.238 e. The Kier molecular flexibility index (Phi) is 7.02. The van der Waals surface area contributed by atoms with Crippen molar-refractivity contribution >= 4 is 34.0 Å². The SMILES string of the molecule is O=C(CN1CCC(C2CCCCC2)CC1)Nc1c(C(=O)C2CC2)[nH]c2ccc(N3CCOCC3)cc12. The molecule has 1 amide bonds. The Morgan fingerprint density at radius 1 is 0.917 bits per heavy atom. The van der Waals surface area contributed by atoms with E-state index in [1.54, 1.807) is 0 Å². The molecule has 0 spiro atoms. The third-order valence-electron chi connectivity index (χ3n) is 8.93.